The molecule has 0 aromatic carbocycles. The molecule has 2 nitrogen and oxygen atoms in total. The fraction of sp³-hybridized carbons (Fsp3) is 0.182. The van der Waals surface area contributed by atoms with Crippen LogP contribution in [0.25, 0.3) is 10.6 Å². The molecule has 72 valence electrons. The molecule has 1 N–H and O–H groups in total. The monoisotopic (exact) mass is 204 g/mol. The van der Waals surface area contributed by atoms with E-state index in [9.17, 15) is 0 Å². The van der Waals surface area contributed by atoms with Gasteiger partial charge in [0.1, 0.15) is 0 Å². The molecule has 0 aliphatic rings. The van der Waals surface area contributed by atoms with Crippen molar-refractivity contribution in [1.29, 1.82) is 0 Å². The predicted octanol–water partition coefficient (Wildman–Crippen LogP) is 2.53. The SMILES string of the molecule is CNCc1ccc(-c2cccs2)nc1. The molecule has 2 heterocycles. The molecule has 14 heavy (non-hydrogen) atoms. The highest BCUT2D eigenvalue weighted by atomic mass is 32.1. The van der Waals surface area contributed by atoms with Crippen molar-refractivity contribution in [3.8, 4) is 10.6 Å². The highest BCUT2D eigenvalue weighted by molar-refractivity contribution is 7.13. The van der Waals surface area contributed by atoms with Crippen LogP contribution >= 0.6 is 11.3 Å². The zero-order chi connectivity index (χ0) is 9.80. The van der Waals surface area contributed by atoms with E-state index in [0.29, 0.717) is 0 Å². The Morgan fingerprint density at radius 1 is 1.36 bits per heavy atom. The summed E-state index contributed by atoms with van der Waals surface area (Å²) >= 11 is 1.72. The van der Waals surface area contributed by atoms with Gasteiger partial charge in [0.15, 0.2) is 0 Å². The van der Waals surface area contributed by atoms with Crippen LogP contribution in [-0.4, -0.2) is 12.0 Å². The fourth-order valence-corrected chi connectivity index (χ4v) is 2.01. The molecule has 2 rings (SSSR count). The minimum absolute atomic E-state index is 0.873. The summed E-state index contributed by atoms with van der Waals surface area (Å²) in [6.45, 7) is 0.873. The second-order valence-corrected chi connectivity index (χ2v) is 4.01. The zero-order valence-corrected chi connectivity index (χ0v) is 8.84. The largest absolute Gasteiger partial charge is 0.316 e. The van der Waals surface area contributed by atoms with Gasteiger partial charge in [-0.1, -0.05) is 12.1 Å². The molecule has 3 heteroatoms. The molecule has 0 aliphatic carbocycles. The first kappa shape index (κ1) is 9.37. The Morgan fingerprint density at radius 2 is 2.29 bits per heavy atom. The smallest absolute Gasteiger partial charge is 0.0801 e. The lowest BCUT2D eigenvalue weighted by atomic mass is 10.2. The lowest BCUT2D eigenvalue weighted by molar-refractivity contribution is 0.814. The van der Waals surface area contributed by atoms with E-state index < -0.39 is 0 Å². The molecule has 0 radical (unpaired) electrons. The van der Waals surface area contributed by atoms with Crippen molar-refractivity contribution in [1.82, 2.24) is 10.3 Å². The van der Waals surface area contributed by atoms with Gasteiger partial charge in [-0.25, -0.2) is 0 Å². The van der Waals surface area contributed by atoms with Crippen LogP contribution in [0.1, 0.15) is 5.56 Å². The van der Waals surface area contributed by atoms with E-state index >= 15 is 0 Å². The van der Waals surface area contributed by atoms with Gasteiger partial charge in [-0.05, 0) is 30.1 Å². The summed E-state index contributed by atoms with van der Waals surface area (Å²) in [7, 11) is 1.94. The van der Waals surface area contributed by atoms with Crippen molar-refractivity contribution in [3.63, 3.8) is 0 Å². The van der Waals surface area contributed by atoms with E-state index in [0.717, 1.165) is 12.2 Å². The van der Waals surface area contributed by atoms with E-state index in [-0.39, 0.29) is 0 Å². The highest BCUT2D eigenvalue weighted by Crippen LogP contribution is 2.22. The molecule has 0 amide bonds. The normalized spacial score (nSPS) is 10.4. The number of pyridine rings is 1. The number of nitrogens with zero attached hydrogens (tertiary/aromatic N) is 1. The Labute approximate surface area is 87.6 Å². The van der Waals surface area contributed by atoms with E-state index in [4.69, 9.17) is 0 Å². The standard InChI is InChI=1S/C11H12N2S/c1-12-7-9-4-5-10(13-8-9)11-3-2-6-14-11/h2-6,8,12H,7H2,1H3. The average molecular weight is 204 g/mol. The minimum Gasteiger partial charge on any atom is -0.316 e. The lowest BCUT2D eigenvalue weighted by Crippen LogP contribution is -2.04. The summed E-state index contributed by atoms with van der Waals surface area (Å²) in [4.78, 5) is 5.63. The maximum absolute atomic E-state index is 4.41. The second kappa shape index (κ2) is 4.35. The van der Waals surface area contributed by atoms with Crippen LogP contribution in [0.3, 0.4) is 0 Å². The maximum Gasteiger partial charge on any atom is 0.0801 e. The van der Waals surface area contributed by atoms with E-state index in [2.05, 4.69) is 33.9 Å². The second-order valence-electron chi connectivity index (χ2n) is 3.06. The van der Waals surface area contributed by atoms with Crippen molar-refractivity contribution in [2.75, 3.05) is 7.05 Å². The Balaban J connectivity index is 2.22. The Hall–Kier alpha value is -1.19. The van der Waals surface area contributed by atoms with E-state index in [1.54, 1.807) is 11.3 Å². The van der Waals surface area contributed by atoms with Gasteiger partial charge >= 0.3 is 0 Å². The van der Waals surface area contributed by atoms with E-state index in [1.165, 1.54) is 10.4 Å². The summed E-state index contributed by atoms with van der Waals surface area (Å²) in [5.41, 5.74) is 2.27. The fourth-order valence-electron chi connectivity index (χ4n) is 1.30. The quantitative estimate of drug-likeness (QED) is 0.831. The molecule has 0 fully saturated rings. The van der Waals surface area contributed by atoms with Gasteiger partial charge in [0.2, 0.25) is 0 Å². The summed E-state index contributed by atoms with van der Waals surface area (Å²) < 4.78 is 0. The first-order chi connectivity index (χ1) is 6.90. The number of hydrogen-bond donors (Lipinski definition) is 1. The van der Waals surface area contributed by atoms with Crippen LogP contribution in [0.5, 0.6) is 0 Å². The summed E-state index contributed by atoms with van der Waals surface area (Å²) in [6.07, 6.45) is 1.92. The van der Waals surface area contributed by atoms with Crippen LogP contribution in [0.15, 0.2) is 35.8 Å². The van der Waals surface area contributed by atoms with Crippen molar-refractivity contribution in [3.05, 3.63) is 41.4 Å². The van der Waals surface area contributed by atoms with Crippen LogP contribution in [-0.2, 0) is 6.54 Å². The maximum atomic E-state index is 4.41. The third-order valence-corrected chi connectivity index (χ3v) is 2.87. The Morgan fingerprint density at radius 3 is 2.86 bits per heavy atom. The van der Waals surface area contributed by atoms with Crippen molar-refractivity contribution >= 4 is 11.3 Å². The number of thiophene rings is 1. The van der Waals surface area contributed by atoms with Crippen molar-refractivity contribution < 1.29 is 0 Å². The summed E-state index contributed by atoms with van der Waals surface area (Å²) in [6, 6.07) is 8.31. The molecule has 0 unspecified atom stereocenters. The third kappa shape index (κ3) is 2.00. The lowest BCUT2D eigenvalue weighted by Gasteiger charge is -2.00. The molecule has 0 saturated carbocycles. The predicted molar refractivity (Wildman–Crippen MR) is 60.3 cm³/mol. The molecular weight excluding hydrogens is 192 g/mol. The number of aromatic nitrogens is 1. The van der Waals surface area contributed by atoms with Gasteiger partial charge in [-0.15, -0.1) is 11.3 Å². The molecule has 0 aliphatic heterocycles. The molecule has 2 aromatic rings. The van der Waals surface area contributed by atoms with Gasteiger partial charge in [0.05, 0.1) is 10.6 Å². The first-order valence-electron chi connectivity index (χ1n) is 4.53. The highest BCUT2D eigenvalue weighted by Gasteiger charge is 1.99. The number of rotatable bonds is 3. The van der Waals surface area contributed by atoms with Crippen LogP contribution in [0.2, 0.25) is 0 Å². The van der Waals surface area contributed by atoms with Gasteiger partial charge in [-0.2, -0.15) is 0 Å². The zero-order valence-electron chi connectivity index (χ0n) is 8.03. The number of nitrogens with one attached hydrogen (secondary N) is 1. The summed E-state index contributed by atoms with van der Waals surface area (Å²) in [5.74, 6) is 0. The molecule has 0 bridgehead atoms. The third-order valence-electron chi connectivity index (χ3n) is 1.98. The van der Waals surface area contributed by atoms with Gasteiger partial charge in [0.25, 0.3) is 0 Å². The van der Waals surface area contributed by atoms with Crippen LogP contribution in [0.4, 0.5) is 0 Å². The Kier molecular flexibility index (Phi) is 2.91. The van der Waals surface area contributed by atoms with Crippen LogP contribution < -0.4 is 5.32 Å². The molecule has 0 spiro atoms. The molecular formula is C11H12N2S. The van der Waals surface area contributed by atoms with Crippen molar-refractivity contribution in [2.45, 2.75) is 6.54 Å². The van der Waals surface area contributed by atoms with Gasteiger partial charge in [-0.3, -0.25) is 4.98 Å². The molecule has 0 saturated heterocycles. The topological polar surface area (TPSA) is 24.9 Å². The Bertz CT molecular complexity index is 378. The number of hydrogen-bond acceptors (Lipinski definition) is 3. The van der Waals surface area contributed by atoms with Crippen molar-refractivity contribution in [2.24, 2.45) is 0 Å². The summed E-state index contributed by atoms with van der Waals surface area (Å²) in [5, 5.41) is 5.17. The molecule has 0 atom stereocenters. The van der Waals surface area contributed by atoms with Gasteiger partial charge in [0, 0.05) is 12.7 Å². The minimum atomic E-state index is 0.873. The van der Waals surface area contributed by atoms with Gasteiger partial charge < -0.3 is 5.32 Å². The average Bonchev–Trinajstić information content (AvgIpc) is 2.72. The molecule has 2 aromatic heterocycles. The first-order valence-corrected chi connectivity index (χ1v) is 5.41. The van der Waals surface area contributed by atoms with Crippen LogP contribution in [0, 0.1) is 0 Å². The van der Waals surface area contributed by atoms with E-state index in [1.807, 2.05) is 19.3 Å².